The van der Waals surface area contributed by atoms with E-state index in [2.05, 4.69) is 0 Å². The third-order valence-electron chi connectivity index (χ3n) is 3.50. The van der Waals surface area contributed by atoms with Crippen LogP contribution in [-0.2, 0) is 0 Å². The van der Waals surface area contributed by atoms with Crippen molar-refractivity contribution in [2.45, 2.75) is 38.9 Å². The van der Waals surface area contributed by atoms with Gasteiger partial charge in [0.25, 0.3) is 0 Å². The Morgan fingerprint density at radius 1 is 1.21 bits per heavy atom. The number of Topliss-reactive ketones (excluding diaryl/α,β-unsaturated/α-hetero) is 1. The first-order valence-electron chi connectivity index (χ1n) is 6.60. The number of aliphatic hydroxyl groups excluding tert-OH is 2. The van der Waals surface area contributed by atoms with Crippen molar-refractivity contribution in [3.63, 3.8) is 0 Å². The fourth-order valence-electron chi connectivity index (χ4n) is 2.19. The van der Waals surface area contributed by atoms with Gasteiger partial charge in [0, 0.05) is 0 Å². The molecule has 2 N–H and O–H groups in total. The second-order valence-electron chi connectivity index (χ2n) is 4.58. The highest BCUT2D eigenvalue weighted by Gasteiger charge is 2.31. The van der Waals surface area contributed by atoms with Crippen molar-refractivity contribution in [1.82, 2.24) is 0 Å². The summed E-state index contributed by atoms with van der Waals surface area (Å²) in [6.45, 7) is 3.86. The van der Waals surface area contributed by atoms with Crippen LogP contribution in [0.15, 0.2) is 24.3 Å². The van der Waals surface area contributed by atoms with E-state index in [-0.39, 0.29) is 5.92 Å². The van der Waals surface area contributed by atoms with Crippen LogP contribution in [0.3, 0.4) is 0 Å². The van der Waals surface area contributed by atoms with E-state index >= 15 is 0 Å². The Balaban J connectivity index is 2.93. The minimum atomic E-state index is -1.42. The summed E-state index contributed by atoms with van der Waals surface area (Å²) in [5.41, 5.74) is 0.294. The van der Waals surface area contributed by atoms with Crippen molar-refractivity contribution < 1.29 is 19.7 Å². The largest absolute Gasteiger partial charge is 0.496 e. The second kappa shape index (κ2) is 7.26. The number of hydrogen-bond donors (Lipinski definition) is 2. The summed E-state index contributed by atoms with van der Waals surface area (Å²) in [7, 11) is 1.47. The summed E-state index contributed by atoms with van der Waals surface area (Å²) in [5, 5.41) is 20.1. The van der Waals surface area contributed by atoms with Crippen LogP contribution >= 0.6 is 0 Å². The highest BCUT2D eigenvalue weighted by atomic mass is 16.5. The number of aliphatic hydroxyl groups is 2. The van der Waals surface area contributed by atoms with Gasteiger partial charge in [0.05, 0.1) is 18.8 Å². The van der Waals surface area contributed by atoms with E-state index in [1.54, 1.807) is 24.3 Å². The Bertz CT molecular complexity index is 412. The lowest BCUT2D eigenvalue weighted by Crippen LogP contribution is -2.39. The van der Waals surface area contributed by atoms with Gasteiger partial charge in [-0.25, -0.2) is 0 Å². The number of carbonyl (C=O) groups excluding carboxylic acids is 1. The van der Waals surface area contributed by atoms with Crippen molar-refractivity contribution in [3.8, 4) is 5.75 Å². The van der Waals surface area contributed by atoms with E-state index in [1.807, 2.05) is 13.8 Å². The molecule has 0 radical (unpaired) electrons. The summed E-state index contributed by atoms with van der Waals surface area (Å²) in [6.07, 6.45) is -1.03. The minimum Gasteiger partial charge on any atom is -0.496 e. The molecule has 1 aromatic rings. The van der Waals surface area contributed by atoms with Gasteiger partial charge in [0.15, 0.2) is 5.78 Å². The zero-order valence-corrected chi connectivity index (χ0v) is 11.7. The number of para-hydroxylation sites is 1. The third kappa shape index (κ3) is 3.55. The molecule has 0 aliphatic heterocycles. The molecule has 1 rings (SSSR count). The van der Waals surface area contributed by atoms with E-state index in [9.17, 15) is 15.0 Å². The standard InChI is InChI=1S/C15H22O4/c1-4-10(5-2)13(16)15(18)14(17)11-8-6-7-9-12(11)19-3/h6-10,13,15-16,18H,4-5H2,1-3H3/t13-,15+/m0/s1. The van der Waals surface area contributed by atoms with Crippen LogP contribution < -0.4 is 4.74 Å². The molecule has 0 aliphatic rings. The molecule has 0 bridgehead atoms. The number of carbonyl (C=O) groups is 1. The second-order valence-corrected chi connectivity index (χ2v) is 4.58. The lowest BCUT2D eigenvalue weighted by molar-refractivity contribution is -0.00904. The molecule has 1 aromatic carbocycles. The average molecular weight is 266 g/mol. The number of methoxy groups -OCH3 is 1. The van der Waals surface area contributed by atoms with Crippen LogP contribution in [-0.4, -0.2) is 35.3 Å². The molecule has 4 nitrogen and oxygen atoms in total. The maximum atomic E-state index is 12.2. The normalized spacial score (nSPS) is 14.2. The smallest absolute Gasteiger partial charge is 0.197 e. The van der Waals surface area contributed by atoms with E-state index in [1.165, 1.54) is 7.11 Å². The first-order chi connectivity index (χ1) is 9.06. The summed E-state index contributed by atoms with van der Waals surface area (Å²) in [4.78, 5) is 12.2. The molecule has 0 saturated carbocycles. The minimum absolute atomic E-state index is 0.0892. The molecule has 0 heterocycles. The molecule has 0 aliphatic carbocycles. The Morgan fingerprint density at radius 3 is 2.32 bits per heavy atom. The summed E-state index contributed by atoms with van der Waals surface area (Å²) in [6, 6.07) is 6.69. The van der Waals surface area contributed by atoms with Crippen molar-refractivity contribution in [1.29, 1.82) is 0 Å². The van der Waals surface area contributed by atoms with Crippen molar-refractivity contribution >= 4 is 5.78 Å². The molecule has 0 fully saturated rings. The number of benzene rings is 1. The predicted octanol–water partition coefficient (Wildman–Crippen LogP) is 2.04. The Kier molecular flexibility index (Phi) is 5.99. The predicted molar refractivity (Wildman–Crippen MR) is 73.4 cm³/mol. The fourth-order valence-corrected chi connectivity index (χ4v) is 2.19. The molecule has 106 valence electrons. The Morgan fingerprint density at radius 2 is 1.79 bits per heavy atom. The van der Waals surface area contributed by atoms with Gasteiger partial charge in [-0.2, -0.15) is 0 Å². The molecule has 19 heavy (non-hydrogen) atoms. The average Bonchev–Trinajstić information content (AvgIpc) is 2.46. The first-order valence-corrected chi connectivity index (χ1v) is 6.60. The van der Waals surface area contributed by atoms with Crippen LogP contribution in [0.4, 0.5) is 0 Å². The highest BCUT2D eigenvalue weighted by molar-refractivity contribution is 6.02. The van der Waals surface area contributed by atoms with Crippen LogP contribution in [0.5, 0.6) is 5.75 Å². The molecular formula is C15H22O4. The molecule has 2 atom stereocenters. The Labute approximate surface area is 114 Å². The van der Waals surface area contributed by atoms with Gasteiger partial charge in [-0.05, 0) is 18.1 Å². The first kappa shape index (κ1) is 15.7. The summed E-state index contributed by atoms with van der Waals surface area (Å²) in [5.74, 6) is -0.186. The zero-order valence-electron chi connectivity index (χ0n) is 11.7. The third-order valence-corrected chi connectivity index (χ3v) is 3.50. The van der Waals surface area contributed by atoms with Crippen molar-refractivity contribution in [2.75, 3.05) is 7.11 Å². The monoisotopic (exact) mass is 266 g/mol. The lowest BCUT2D eigenvalue weighted by Gasteiger charge is -2.24. The molecule has 4 heteroatoms. The van der Waals surface area contributed by atoms with Crippen LogP contribution in [0, 0.1) is 5.92 Å². The fraction of sp³-hybridized carbons (Fsp3) is 0.533. The lowest BCUT2D eigenvalue weighted by atomic mass is 9.89. The van der Waals surface area contributed by atoms with E-state index in [0.29, 0.717) is 24.2 Å². The topological polar surface area (TPSA) is 66.8 Å². The molecule has 0 saturated heterocycles. The molecule has 0 spiro atoms. The van der Waals surface area contributed by atoms with E-state index in [4.69, 9.17) is 4.74 Å². The van der Waals surface area contributed by atoms with E-state index in [0.717, 1.165) is 0 Å². The van der Waals surface area contributed by atoms with Crippen molar-refractivity contribution in [2.24, 2.45) is 5.92 Å². The van der Waals surface area contributed by atoms with Gasteiger partial charge in [-0.15, -0.1) is 0 Å². The van der Waals surface area contributed by atoms with Crippen LogP contribution in [0.2, 0.25) is 0 Å². The van der Waals surface area contributed by atoms with Crippen LogP contribution in [0.25, 0.3) is 0 Å². The van der Waals surface area contributed by atoms with Gasteiger partial charge in [-0.3, -0.25) is 4.79 Å². The van der Waals surface area contributed by atoms with Gasteiger partial charge < -0.3 is 14.9 Å². The maximum Gasteiger partial charge on any atom is 0.197 e. The van der Waals surface area contributed by atoms with Crippen molar-refractivity contribution in [3.05, 3.63) is 29.8 Å². The maximum absolute atomic E-state index is 12.2. The van der Waals surface area contributed by atoms with Crippen LogP contribution in [0.1, 0.15) is 37.0 Å². The summed E-state index contributed by atoms with van der Waals surface area (Å²) < 4.78 is 5.10. The number of hydrogen-bond acceptors (Lipinski definition) is 4. The Hall–Kier alpha value is -1.39. The molecular weight excluding hydrogens is 244 g/mol. The number of ketones is 1. The zero-order chi connectivity index (χ0) is 14.4. The highest BCUT2D eigenvalue weighted by Crippen LogP contribution is 2.23. The number of ether oxygens (including phenoxy) is 1. The van der Waals surface area contributed by atoms with Gasteiger partial charge >= 0.3 is 0 Å². The van der Waals surface area contributed by atoms with Gasteiger partial charge in [-0.1, -0.05) is 38.8 Å². The molecule has 0 amide bonds. The van der Waals surface area contributed by atoms with Gasteiger partial charge in [0.1, 0.15) is 11.9 Å². The quantitative estimate of drug-likeness (QED) is 0.741. The summed E-state index contributed by atoms with van der Waals surface area (Å²) >= 11 is 0. The van der Waals surface area contributed by atoms with Gasteiger partial charge in [0.2, 0.25) is 0 Å². The number of rotatable bonds is 7. The molecule has 0 unspecified atom stereocenters. The SMILES string of the molecule is CCC(CC)[C@H](O)[C@@H](O)C(=O)c1ccccc1OC. The molecule has 0 aromatic heterocycles. The van der Waals surface area contributed by atoms with E-state index < -0.39 is 18.0 Å².